The number of nitrogens with one attached hydrogen (secondary N) is 1. The van der Waals surface area contributed by atoms with Crippen LogP contribution >= 0.6 is 0 Å². The second-order valence-corrected chi connectivity index (χ2v) is 6.06. The van der Waals surface area contributed by atoms with Gasteiger partial charge >= 0.3 is 0 Å². The van der Waals surface area contributed by atoms with Crippen LogP contribution in [0.2, 0.25) is 0 Å². The van der Waals surface area contributed by atoms with Gasteiger partial charge in [0, 0.05) is 13.2 Å². The Hall–Kier alpha value is -0.160. The molecule has 116 valence electrons. The molecule has 0 aromatic heterocycles. The van der Waals surface area contributed by atoms with Gasteiger partial charge in [0.15, 0.2) is 0 Å². The molecule has 0 fully saturated rings. The number of rotatable bonds is 12. The third kappa shape index (κ3) is 15.8. The van der Waals surface area contributed by atoms with Crippen LogP contribution in [0.1, 0.15) is 66.2 Å². The second-order valence-electron chi connectivity index (χ2n) is 6.06. The van der Waals surface area contributed by atoms with Gasteiger partial charge in [0.2, 0.25) is 0 Å². The van der Waals surface area contributed by atoms with Crippen LogP contribution in [0.4, 0.5) is 0 Å². The molecule has 0 aliphatic rings. The van der Waals surface area contributed by atoms with E-state index in [0.29, 0.717) is 13.2 Å². The van der Waals surface area contributed by atoms with Crippen molar-refractivity contribution in [2.24, 2.45) is 0 Å². The molecule has 4 nitrogen and oxygen atoms in total. The van der Waals surface area contributed by atoms with Crippen LogP contribution in [0.5, 0.6) is 0 Å². The van der Waals surface area contributed by atoms with Crippen molar-refractivity contribution >= 4 is 0 Å². The Balaban J connectivity index is 3.23. The van der Waals surface area contributed by atoms with Crippen LogP contribution in [-0.2, 0) is 9.57 Å². The van der Waals surface area contributed by atoms with Gasteiger partial charge in [0.05, 0.1) is 18.3 Å². The molecule has 0 aliphatic heterocycles. The second kappa shape index (κ2) is 11.6. The lowest BCUT2D eigenvalue weighted by atomic mass is 10.1. The standard InChI is InChI=1S/C15H33NO3/c1-5-6-7-8-9-10-11-18-13-14(17)12-16-19-15(2,3)4/h14,16-17H,5-13H2,1-4H3. The van der Waals surface area contributed by atoms with E-state index in [1.54, 1.807) is 0 Å². The van der Waals surface area contributed by atoms with Gasteiger partial charge in [-0.3, -0.25) is 4.84 Å². The summed E-state index contributed by atoms with van der Waals surface area (Å²) in [5, 5.41) is 9.65. The van der Waals surface area contributed by atoms with Gasteiger partial charge in [-0.05, 0) is 27.2 Å². The quantitative estimate of drug-likeness (QED) is 0.424. The van der Waals surface area contributed by atoms with Gasteiger partial charge in [-0.15, -0.1) is 0 Å². The fourth-order valence-corrected chi connectivity index (χ4v) is 1.62. The van der Waals surface area contributed by atoms with Crippen molar-refractivity contribution in [2.75, 3.05) is 19.8 Å². The van der Waals surface area contributed by atoms with E-state index in [1.807, 2.05) is 20.8 Å². The zero-order valence-electron chi connectivity index (χ0n) is 13.2. The molecular formula is C15H33NO3. The predicted molar refractivity (Wildman–Crippen MR) is 79.0 cm³/mol. The molecular weight excluding hydrogens is 242 g/mol. The minimum absolute atomic E-state index is 0.237. The van der Waals surface area contributed by atoms with E-state index in [2.05, 4.69) is 12.4 Å². The van der Waals surface area contributed by atoms with E-state index in [1.165, 1.54) is 32.1 Å². The smallest absolute Gasteiger partial charge is 0.0920 e. The summed E-state index contributed by atoms with van der Waals surface area (Å²) in [6, 6.07) is 0. The minimum atomic E-state index is -0.512. The summed E-state index contributed by atoms with van der Waals surface area (Å²) < 4.78 is 5.44. The van der Waals surface area contributed by atoms with Gasteiger partial charge in [-0.1, -0.05) is 39.0 Å². The van der Waals surface area contributed by atoms with Crippen molar-refractivity contribution in [3.8, 4) is 0 Å². The maximum Gasteiger partial charge on any atom is 0.0920 e. The van der Waals surface area contributed by atoms with Crippen LogP contribution in [-0.4, -0.2) is 36.6 Å². The number of hydrogen-bond acceptors (Lipinski definition) is 4. The molecule has 0 bridgehead atoms. The average molecular weight is 275 g/mol. The lowest BCUT2D eigenvalue weighted by Gasteiger charge is -2.20. The molecule has 19 heavy (non-hydrogen) atoms. The number of aliphatic hydroxyl groups is 1. The summed E-state index contributed by atoms with van der Waals surface area (Å²) in [7, 11) is 0. The first-order valence-corrected chi connectivity index (χ1v) is 7.62. The van der Waals surface area contributed by atoms with E-state index in [0.717, 1.165) is 13.0 Å². The Morgan fingerprint density at radius 2 is 1.68 bits per heavy atom. The van der Waals surface area contributed by atoms with E-state index in [9.17, 15) is 5.11 Å². The average Bonchev–Trinajstić information content (AvgIpc) is 2.31. The summed E-state index contributed by atoms with van der Waals surface area (Å²) >= 11 is 0. The number of hydroxylamine groups is 1. The molecule has 0 heterocycles. The predicted octanol–water partition coefficient (Wildman–Crippen LogP) is 3.04. The van der Waals surface area contributed by atoms with Crippen molar-refractivity contribution < 1.29 is 14.7 Å². The molecule has 0 saturated carbocycles. The minimum Gasteiger partial charge on any atom is -0.389 e. The van der Waals surface area contributed by atoms with Crippen molar-refractivity contribution in [1.82, 2.24) is 5.48 Å². The molecule has 0 amide bonds. The summed E-state index contributed by atoms with van der Waals surface area (Å²) in [5.74, 6) is 0. The molecule has 0 rings (SSSR count). The Kier molecular flexibility index (Phi) is 11.6. The van der Waals surface area contributed by atoms with Gasteiger partial charge in [-0.2, -0.15) is 5.48 Å². The Bertz CT molecular complexity index is 192. The van der Waals surface area contributed by atoms with Crippen molar-refractivity contribution in [3.05, 3.63) is 0 Å². The topological polar surface area (TPSA) is 50.7 Å². The highest BCUT2D eigenvalue weighted by atomic mass is 16.7. The Morgan fingerprint density at radius 1 is 1.05 bits per heavy atom. The van der Waals surface area contributed by atoms with Crippen LogP contribution < -0.4 is 5.48 Å². The fraction of sp³-hybridized carbons (Fsp3) is 1.00. The summed E-state index contributed by atoms with van der Waals surface area (Å²) in [5.41, 5.74) is 2.53. The zero-order valence-corrected chi connectivity index (χ0v) is 13.2. The third-order valence-electron chi connectivity index (χ3n) is 2.65. The van der Waals surface area contributed by atoms with Crippen molar-refractivity contribution in [2.45, 2.75) is 77.9 Å². The molecule has 1 atom stereocenters. The number of aliphatic hydroxyl groups excluding tert-OH is 1. The van der Waals surface area contributed by atoms with Crippen molar-refractivity contribution in [3.63, 3.8) is 0 Å². The highest BCUT2D eigenvalue weighted by Gasteiger charge is 2.11. The van der Waals surface area contributed by atoms with Crippen LogP contribution in [0.25, 0.3) is 0 Å². The largest absolute Gasteiger partial charge is 0.389 e. The molecule has 1 unspecified atom stereocenters. The first-order chi connectivity index (χ1) is 8.95. The molecule has 0 aromatic carbocycles. The van der Waals surface area contributed by atoms with Crippen LogP contribution in [0.15, 0.2) is 0 Å². The van der Waals surface area contributed by atoms with Crippen LogP contribution in [0.3, 0.4) is 0 Å². The maximum atomic E-state index is 9.65. The molecule has 0 aliphatic carbocycles. The van der Waals surface area contributed by atoms with Gasteiger partial charge < -0.3 is 9.84 Å². The Morgan fingerprint density at radius 3 is 2.32 bits per heavy atom. The normalized spacial score (nSPS) is 13.7. The Labute approximate surface area is 118 Å². The summed E-state index contributed by atoms with van der Waals surface area (Å²) in [4.78, 5) is 5.32. The van der Waals surface area contributed by atoms with Gasteiger partial charge in [-0.25, -0.2) is 0 Å². The van der Waals surface area contributed by atoms with Gasteiger partial charge in [0.25, 0.3) is 0 Å². The SMILES string of the molecule is CCCCCCCCOCC(O)CNOC(C)(C)C. The molecule has 2 N–H and O–H groups in total. The molecule has 4 heteroatoms. The summed E-state index contributed by atoms with van der Waals surface area (Å²) in [6.45, 7) is 9.61. The number of hydrogen-bond donors (Lipinski definition) is 2. The molecule has 0 aromatic rings. The van der Waals surface area contributed by atoms with E-state index in [4.69, 9.17) is 9.57 Å². The number of unbranched alkanes of at least 4 members (excludes halogenated alkanes) is 5. The maximum absolute atomic E-state index is 9.65. The first-order valence-electron chi connectivity index (χ1n) is 7.62. The van der Waals surface area contributed by atoms with Gasteiger partial charge in [0.1, 0.15) is 0 Å². The highest BCUT2D eigenvalue weighted by molar-refractivity contribution is 4.59. The summed E-state index contributed by atoms with van der Waals surface area (Å²) in [6.07, 6.45) is 7.03. The van der Waals surface area contributed by atoms with Crippen LogP contribution in [0, 0.1) is 0 Å². The third-order valence-corrected chi connectivity index (χ3v) is 2.65. The number of ether oxygens (including phenoxy) is 1. The first kappa shape index (κ1) is 18.8. The van der Waals surface area contributed by atoms with Crippen molar-refractivity contribution in [1.29, 1.82) is 0 Å². The molecule has 0 spiro atoms. The molecule has 0 radical (unpaired) electrons. The zero-order chi connectivity index (χ0) is 14.6. The highest BCUT2D eigenvalue weighted by Crippen LogP contribution is 2.05. The molecule has 0 saturated heterocycles. The van der Waals surface area contributed by atoms with E-state index in [-0.39, 0.29) is 5.60 Å². The lowest BCUT2D eigenvalue weighted by molar-refractivity contribution is -0.0894. The monoisotopic (exact) mass is 275 g/mol. The fourth-order valence-electron chi connectivity index (χ4n) is 1.62. The lowest BCUT2D eigenvalue weighted by Crippen LogP contribution is -2.36. The van der Waals surface area contributed by atoms with E-state index < -0.39 is 6.10 Å². The van der Waals surface area contributed by atoms with E-state index >= 15 is 0 Å².